The molecule has 0 atom stereocenters. The van der Waals surface area contributed by atoms with E-state index < -0.39 is 0 Å². The lowest BCUT2D eigenvalue weighted by atomic mass is 10.3. The van der Waals surface area contributed by atoms with Crippen LogP contribution in [0.5, 0.6) is 16.7 Å². The van der Waals surface area contributed by atoms with Crippen LogP contribution in [-0.2, 0) is 0 Å². The van der Waals surface area contributed by atoms with E-state index in [9.17, 15) is 5.11 Å². The minimum Gasteiger partial charge on any atom is -0.506 e. The van der Waals surface area contributed by atoms with E-state index in [2.05, 4.69) is 4.98 Å². The average molecular weight is 208 g/mol. The number of hydrogen-bond acceptors (Lipinski definition) is 5. The number of thiazole rings is 1. The van der Waals surface area contributed by atoms with Crippen LogP contribution in [0, 0.1) is 0 Å². The van der Waals surface area contributed by atoms with Gasteiger partial charge in [-0.2, -0.15) is 0 Å². The second kappa shape index (κ2) is 3.55. The zero-order chi connectivity index (χ0) is 9.97. The molecule has 72 valence electrons. The van der Waals surface area contributed by atoms with Gasteiger partial charge in [0, 0.05) is 11.6 Å². The highest BCUT2D eigenvalue weighted by Crippen LogP contribution is 2.33. The third kappa shape index (κ3) is 1.62. The second-order valence-electron chi connectivity index (χ2n) is 2.59. The van der Waals surface area contributed by atoms with Gasteiger partial charge in [0.1, 0.15) is 11.4 Å². The SMILES string of the molecule is Nc1c(O)cccc1Oc1nccs1. The molecule has 0 unspecified atom stereocenters. The van der Waals surface area contributed by atoms with Gasteiger partial charge in [0.05, 0.1) is 0 Å². The molecule has 1 heterocycles. The van der Waals surface area contributed by atoms with Crippen LogP contribution in [0.4, 0.5) is 5.69 Å². The molecule has 5 heteroatoms. The number of ether oxygens (including phenoxy) is 1. The number of phenolic OH excluding ortho intramolecular Hbond substituents is 1. The fraction of sp³-hybridized carbons (Fsp3) is 0. The Balaban J connectivity index is 2.29. The second-order valence-corrected chi connectivity index (χ2v) is 3.45. The Labute approximate surface area is 84.6 Å². The molecule has 0 bridgehead atoms. The van der Waals surface area contributed by atoms with Gasteiger partial charge in [-0.15, -0.1) is 0 Å². The van der Waals surface area contributed by atoms with E-state index in [1.807, 2.05) is 0 Å². The first-order valence-electron chi connectivity index (χ1n) is 3.92. The van der Waals surface area contributed by atoms with Crippen LogP contribution >= 0.6 is 11.3 Å². The molecule has 1 aromatic heterocycles. The Hall–Kier alpha value is -1.75. The van der Waals surface area contributed by atoms with Crippen LogP contribution in [0.1, 0.15) is 0 Å². The molecule has 0 aliphatic carbocycles. The third-order valence-corrected chi connectivity index (χ3v) is 2.30. The molecule has 4 nitrogen and oxygen atoms in total. The van der Waals surface area contributed by atoms with Crippen molar-refractivity contribution in [3.63, 3.8) is 0 Å². The molecule has 0 fully saturated rings. The van der Waals surface area contributed by atoms with Crippen molar-refractivity contribution in [2.45, 2.75) is 0 Å². The van der Waals surface area contributed by atoms with Gasteiger partial charge in [-0.1, -0.05) is 17.4 Å². The van der Waals surface area contributed by atoms with E-state index in [1.54, 1.807) is 23.7 Å². The minimum absolute atomic E-state index is 0.0130. The van der Waals surface area contributed by atoms with Gasteiger partial charge >= 0.3 is 0 Å². The van der Waals surface area contributed by atoms with E-state index in [0.29, 0.717) is 10.9 Å². The summed E-state index contributed by atoms with van der Waals surface area (Å²) in [5.74, 6) is 0.430. The van der Waals surface area contributed by atoms with Gasteiger partial charge < -0.3 is 15.6 Å². The minimum atomic E-state index is 0.0130. The first-order chi connectivity index (χ1) is 6.77. The predicted molar refractivity (Wildman–Crippen MR) is 54.7 cm³/mol. The zero-order valence-corrected chi connectivity index (χ0v) is 7.99. The molecule has 1 aromatic carbocycles. The lowest BCUT2D eigenvalue weighted by Crippen LogP contribution is -1.91. The fourth-order valence-electron chi connectivity index (χ4n) is 0.976. The van der Waals surface area contributed by atoms with Crippen LogP contribution in [0.15, 0.2) is 29.8 Å². The third-order valence-electron chi connectivity index (χ3n) is 1.65. The Bertz CT molecular complexity index is 428. The molecule has 3 N–H and O–H groups in total. The number of aromatic hydroxyl groups is 1. The van der Waals surface area contributed by atoms with Gasteiger partial charge in [-0.25, -0.2) is 4.98 Å². The van der Waals surface area contributed by atoms with Crippen molar-refractivity contribution in [3.05, 3.63) is 29.8 Å². The molecule has 0 aliphatic rings. The number of nitrogen functional groups attached to an aromatic ring is 1. The Morgan fingerprint density at radius 3 is 3.00 bits per heavy atom. The van der Waals surface area contributed by atoms with E-state index in [1.165, 1.54) is 17.4 Å². The van der Waals surface area contributed by atoms with E-state index in [0.717, 1.165) is 0 Å². The van der Waals surface area contributed by atoms with Crippen LogP contribution < -0.4 is 10.5 Å². The van der Waals surface area contributed by atoms with E-state index >= 15 is 0 Å². The predicted octanol–water partition coefficient (Wildman–Crippen LogP) is 2.22. The maximum absolute atomic E-state index is 9.31. The highest BCUT2D eigenvalue weighted by Gasteiger charge is 2.06. The Kier molecular flexibility index (Phi) is 2.24. The van der Waals surface area contributed by atoms with Crippen molar-refractivity contribution in [3.8, 4) is 16.7 Å². The average Bonchev–Trinajstić information content (AvgIpc) is 2.66. The van der Waals surface area contributed by atoms with E-state index in [4.69, 9.17) is 10.5 Å². The highest BCUT2D eigenvalue weighted by atomic mass is 32.1. The summed E-state index contributed by atoms with van der Waals surface area (Å²) in [6, 6.07) is 4.84. The van der Waals surface area contributed by atoms with Crippen molar-refractivity contribution in [1.82, 2.24) is 4.98 Å². The number of benzene rings is 1. The summed E-state index contributed by atoms with van der Waals surface area (Å²) in [7, 11) is 0. The molecule has 2 aromatic rings. The lowest BCUT2D eigenvalue weighted by molar-refractivity contribution is 0.458. The number of rotatable bonds is 2. The number of phenols is 1. The first-order valence-corrected chi connectivity index (χ1v) is 4.80. The van der Waals surface area contributed by atoms with Crippen molar-refractivity contribution in [2.24, 2.45) is 0 Å². The molecular weight excluding hydrogens is 200 g/mol. The standard InChI is InChI=1S/C9H8N2O2S/c10-8-6(12)2-1-3-7(8)13-9-11-4-5-14-9/h1-5,12H,10H2. The van der Waals surface area contributed by atoms with Crippen molar-refractivity contribution in [1.29, 1.82) is 0 Å². The van der Waals surface area contributed by atoms with Crippen LogP contribution in [0.25, 0.3) is 0 Å². The first kappa shape index (κ1) is 8.83. The number of aromatic nitrogens is 1. The van der Waals surface area contributed by atoms with Gasteiger partial charge in [-0.3, -0.25) is 0 Å². The molecule has 14 heavy (non-hydrogen) atoms. The summed E-state index contributed by atoms with van der Waals surface area (Å²) >= 11 is 1.36. The molecule has 0 saturated carbocycles. The van der Waals surface area contributed by atoms with Crippen molar-refractivity contribution < 1.29 is 9.84 Å². The zero-order valence-electron chi connectivity index (χ0n) is 7.18. The van der Waals surface area contributed by atoms with Crippen LogP contribution in [-0.4, -0.2) is 10.1 Å². The van der Waals surface area contributed by atoms with Crippen LogP contribution in [0.2, 0.25) is 0 Å². The maximum atomic E-state index is 9.31. The summed E-state index contributed by atoms with van der Waals surface area (Å²) in [5, 5.41) is 11.6. The monoisotopic (exact) mass is 208 g/mol. The molecule has 0 spiro atoms. The topological polar surface area (TPSA) is 68.4 Å². The quantitative estimate of drug-likeness (QED) is 0.586. The smallest absolute Gasteiger partial charge is 0.278 e. The fourth-order valence-corrected chi connectivity index (χ4v) is 1.47. The Morgan fingerprint density at radius 2 is 2.29 bits per heavy atom. The lowest BCUT2D eigenvalue weighted by Gasteiger charge is -2.05. The van der Waals surface area contributed by atoms with Gasteiger partial charge in [0.15, 0.2) is 5.75 Å². The molecule has 0 aliphatic heterocycles. The summed E-state index contributed by atoms with van der Waals surface area (Å²) in [6.07, 6.45) is 1.64. The maximum Gasteiger partial charge on any atom is 0.278 e. The van der Waals surface area contributed by atoms with Gasteiger partial charge in [0.2, 0.25) is 0 Å². The summed E-state index contributed by atoms with van der Waals surface area (Å²) in [4.78, 5) is 3.94. The molecular formula is C9H8N2O2S. The number of nitrogens with zero attached hydrogens (tertiary/aromatic N) is 1. The number of hydrogen-bond donors (Lipinski definition) is 2. The summed E-state index contributed by atoms with van der Waals surface area (Å²) in [5.41, 5.74) is 5.83. The number of para-hydroxylation sites is 1. The van der Waals surface area contributed by atoms with Crippen molar-refractivity contribution >= 4 is 17.0 Å². The Morgan fingerprint density at radius 1 is 1.43 bits per heavy atom. The molecule has 0 saturated heterocycles. The number of anilines is 1. The summed E-state index contributed by atoms with van der Waals surface area (Å²) in [6.45, 7) is 0. The van der Waals surface area contributed by atoms with Gasteiger partial charge in [-0.05, 0) is 12.1 Å². The summed E-state index contributed by atoms with van der Waals surface area (Å²) < 4.78 is 5.35. The molecule has 0 radical (unpaired) electrons. The normalized spacial score (nSPS) is 10.0. The van der Waals surface area contributed by atoms with Crippen LogP contribution in [0.3, 0.4) is 0 Å². The molecule has 0 amide bonds. The van der Waals surface area contributed by atoms with Crippen molar-refractivity contribution in [2.75, 3.05) is 5.73 Å². The van der Waals surface area contributed by atoms with Gasteiger partial charge in [0.25, 0.3) is 5.19 Å². The van der Waals surface area contributed by atoms with E-state index in [-0.39, 0.29) is 11.4 Å². The molecule has 2 rings (SSSR count). The number of nitrogens with two attached hydrogens (primary N) is 1. The highest BCUT2D eigenvalue weighted by molar-refractivity contribution is 7.11. The largest absolute Gasteiger partial charge is 0.506 e.